The van der Waals surface area contributed by atoms with Crippen molar-refractivity contribution in [1.82, 2.24) is 0 Å². The molecule has 0 aliphatic carbocycles. The number of nitrogens with zero attached hydrogens (tertiary/aromatic N) is 2. The third-order valence-corrected chi connectivity index (χ3v) is 5.31. The summed E-state index contributed by atoms with van der Waals surface area (Å²) < 4.78 is 5.02. The fourth-order valence-electron chi connectivity index (χ4n) is 3.01. The Morgan fingerprint density at radius 2 is 1.86 bits per heavy atom. The maximum atomic E-state index is 12.3. The third kappa shape index (κ3) is 4.62. The topological polar surface area (TPSA) is 107 Å². The number of anilines is 1. The lowest BCUT2D eigenvalue weighted by Gasteiger charge is -2.15. The summed E-state index contributed by atoms with van der Waals surface area (Å²) in [5.41, 5.74) is 0.884. The van der Waals surface area contributed by atoms with Crippen molar-refractivity contribution in [3.05, 3.63) is 63.7 Å². The first-order valence-corrected chi connectivity index (χ1v) is 10.1. The summed E-state index contributed by atoms with van der Waals surface area (Å²) in [6.07, 6.45) is 3.03. The number of rotatable bonds is 7. The highest BCUT2D eigenvalue weighted by Crippen LogP contribution is 2.28. The predicted octanol–water partition coefficient (Wildman–Crippen LogP) is 3.48. The zero-order chi connectivity index (χ0) is 21.0. The number of benzene rings is 2. The van der Waals surface area contributed by atoms with Crippen molar-refractivity contribution in [1.29, 1.82) is 0 Å². The summed E-state index contributed by atoms with van der Waals surface area (Å²) in [4.78, 5) is 48.9. The summed E-state index contributed by atoms with van der Waals surface area (Å²) in [6.45, 7) is 0.171. The van der Waals surface area contributed by atoms with Gasteiger partial charge in [0.05, 0.1) is 15.4 Å². The Hall–Kier alpha value is -3.20. The van der Waals surface area contributed by atoms with E-state index in [0.29, 0.717) is 23.4 Å². The molecule has 2 aromatic carbocycles. The average Bonchev–Trinajstić information content (AvgIpc) is 3.17. The number of hydrogen-bond donors (Lipinski definition) is 0. The lowest BCUT2D eigenvalue weighted by molar-refractivity contribution is -0.387. The van der Waals surface area contributed by atoms with E-state index in [0.717, 1.165) is 18.2 Å². The van der Waals surface area contributed by atoms with Gasteiger partial charge in [-0.05, 0) is 49.1 Å². The number of ketones is 1. The third-order valence-electron chi connectivity index (χ3n) is 4.52. The van der Waals surface area contributed by atoms with E-state index in [-0.39, 0.29) is 17.2 Å². The summed E-state index contributed by atoms with van der Waals surface area (Å²) in [5.74, 6) is -1.17. The molecular weight excluding hydrogens is 396 g/mol. The van der Waals surface area contributed by atoms with Gasteiger partial charge in [-0.2, -0.15) is 0 Å². The molecule has 0 spiro atoms. The Balaban J connectivity index is 1.63. The van der Waals surface area contributed by atoms with Crippen LogP contribution in [0, 0.1) is 10.1 Å². The molecule has 0 N–H and O–H groups in total. The molecule has 9 heteroatoms. The molecule has 2 aromatic rings. The Morgan fingerprint density at radius 1 is 1.17 bits per heavy atom. The van der Waals surface area contributed by atoms with E-state index in [1.807, 2.05) is 0 Å². The molecule has 1 aliphatic heterocycles. The van der Waals surface area contributed by atoms with Crippen LogP contribution >= 0.6 is 11.8 Å². The highest BCUT2D eigenvalue weighted by molar-refractivity contribution is 7.98. The van der Waals surface area contributed by atoms with Gasteiger partial charge >= 0.3 is 5.97 Å². The molecule has 150 valence electrons. The van der Waals surface area contributed by atoms with E-state index in [4.69, 9.17) is 4.74 Å². The summed E-state index contributed by atoms with van der Waals surface area (Å²) in [5, 5.41) is 11.1. The zero-order valence-corrected chi connectivity index (χ0v) is 16.4. The summed E-state index contributed by atoms with van der Waals surface area (Å²) in [6, 6.07) is 10.6. The van der Waals surface area contributed by atoms with Crippen molar-refractivity contribution in [2.45, 2.75) is 17.7 Å². The molecule has 8 nitrogen and oxygen atoms in total. The van der Waals surface area contributed by atoms with Gasteiger partial charge in [-0.25, -0.2) is 4.79 Å². The van der Waals surface area contributed by atoms with Gasteiger partial charge in [0.25, 0.3) is 5.69 Å². The van der Waals surface area contributed by atoms with Gasteiger partial charge in [-0.1, -0.05) is 0 Å². The lowest BCUT2D eigenvalue weighted by atomic mass is 10.1. The van der Waals surface area contributed by atoms with Crippen molar-refractivity contribution < 1.29 is 24.0 Å². The van der Waals surface area contributed by atoms with Gasteiger partial charge in [0.1, 0.15) is 0 Å². The Bertz CT molecular complexity index is 973. The fourth-order valence-corrected chi connectivity index (χ4v) is 3.55. The predicted molar refractivity (Wildman–Crippen MR) is 108 cm³/mol. The zero-order valence-electron chi connectivity index (χ0n) is 15.6. The molecule has 1 fully saturated rings. The van der Waals surface area contributed by atoms with Crippen LogP contribution < -0.4 is 4.90 Å². The first-order valence-electron chi connectivity index (χ1n) is 8.84. The van der Waals surface area contributed by atoms with E-state index in [9.17, 15) is 24.5 Å². The smallest absolute Gasteiger partial charge is 0.338 e. The first-order chi connectivity index (χ1) is 13.9. The molecule has 3 rings (SSSR count). The second kappa shape index (κ2) is 8.87. The van der Waals surface area contributed by atoms with Crippen LogP contribution in [0.5, 0.6) is 0 Å². The van der Waals surface area contributed by atoms with E-state index in [2.05, 4.69) is 0 Å². The summed E-state index contributed by atoms with van der Waals surface area (Å²) in [7, 11) is 0. The molecule has 1 aliphatic rings. The average molecular weight is 414 g/mol. The molecule has 29 heavy (non-hydrogen) atoms. The molecule has 1 amide bonds. The van der Waals surface area contributed by atoms with Crippen LogP contribution in [-0.4, -0.2) is 42.0 Å². The van der Waals surface area contributed by atoms with Crippen LogP contribution in [0.2, 0.25) is 0 Å². The van der Waals surface area contributed by atoms with Crippen molar-refractivity contribution in [3.8, 4) is 0 Å². The van der Waals surface area contributed by atoms with Crippen LogP contribution in [-0.2, 0) is 9.53 Å². The van der Waals surface area contributed by atoms with Crippen LogP contribution in [0.1, 0.15) is 33.6 Å². The van der Waals surface area contributed by atoms with Gasteiger partial charge < -0.3 is 9.64 Å². The van der Waals surface area contributed by atoms with Crippen molar-refractivity contribution in [2.75, 3.05) is 24.3 Å². The number of nitro groups is 1. The van der Waals surface area contributed by atoms with Gasteiger partial charge in [0.2, 0.25) is 5.91 Å². The minimum absolute atomic E-state index is 0.00481. The van der Waals surface area contributed by atoms with Crippen LogP contribution in [0.4, 0.5) is 11.4 Å². The summed E-state index contributed by atoms with van der Waals surface area (Å²) >= 11 is 1.20. The SMILES string of the molecule is CSc1ccc(C(=O)OCC(=O)c2ccc(N3CCCC3=O)cc2)cc1[N+](=O)[O-]. The number of esters is 1. The van der Waals surface area contributed by atoms with Crippen molar-refractivity contribution in [3.63, 3.8) is 0 Å². The van der Waals surface area contributed by atoms with Gasteiger partial charge in [0.15, 0.2) is 12.4 Å². The van der Waals surface area contributed by atoms with E-state index < -0.39 is 23.3 Å². The van der Waals surface area contributed by atoms with Crippen molar-refractivity contribution in [2.24, 2.45) is 0 Å². The Kier molecular flexibility index (Phi) is 6.28. The van der Waals surface area contributed by atoms with E-state index in [1.165, 1.54) is 23.9 Å². The fraction of sp³-hybridized carbons (Fsp3) is 0.250. The highest BCUT2D eigenvalue weighted by atomic mass is 32.2. The molecule has 0 radical (unpaired) electrons. The van der Waals surface area contributed by atoms with Gasteiger partial charge in [-0.15, -0.1) is 11.8 Å². The maximum absolute atomic E-state index is 12.3. The van der Waals surface area contributed by atoms with Gasteiger partial charge in [-0.3, -0.25) is 19.7 Å². The molecule has 0 saturated carbocycles. The minimum Gasteiger partial charge on any atom is -0.454 e. The minimum atomic E-state index is -0.812. The number of carbonyl (C=O) groups is 3. The molecular formula is C20H18N2O6S. The van der Waals surface area contributed by atoms with Crippen LogP contribution in [0.3, 0.4) is 0 Å². The van der Waals surface area contributed by atoms with E-state index >= 15 is 0 Å². The number of nitro benzene ring substituents is 1. The highest BCUT2D eigenvalue weighted by Gasteiger charge is 2.22. The normalized spacial score (nSPS) is 13.4. The van der Waals surface area contributed by atoms with Crippen LogP contribution in [0.15, 0.2) is 47.4 Å². The number of Topliss-reactive ketones (excluding diaryl/α,β-unsaturated/α-hetero) is 1. The molecule has 0 unspecified atom stereocenters. The Morgan fingerprint density at radius 3 is 2.45 bits per heavy atom. The first kappa shape index (κ1) is 20.5. The molecule has 1 heterocycles. The monoisotopic (exact) mass is 414 g/mol. The number of ether oxygens (including phenoxy) is 1. The Labute approximate surface area is 171 Å². The second-order valence-electron chi connectivity index (χ2n) is 6.34. The molecule has 0 atom stereocenters. The molecule has 0 aromatic heterocycles. The van der Waals surface area contributed by atoms with Crippen LogP contribution in [0.25, 0.3) is 0 Å². The quantitative estimate of drug-likeness (QED) is 0.224. The lowest BCUT2D eigenvalue weighted by Crippen LogP contribution is -2.23. The second-order valence-corrected chi connectivity index (χ2v) is 7.19. The number of hydrogen-bond acceptors (Lipinski definition) is 7. The molecule has 1 saturated heterocycles. The largest absolute Gasteiger partial charge is 0.454 e. The van der Waals surface area contributed by atoms with E-state index in [1.54, 1.807) is 35.4 Å². The standard InChI is InChI=1S/C20H18N2O6S/c1-29-18-9-6-14(11-16(18)22(26)27)20(25)28-12-17(23)13-4-7-15(8-5-13)21-10-2-3-19(21)24/h4-9,11H,2-3,10,12H2,1H3. The van der Waals surface area contributed by atoms with Crippen molar-refractivity contribution >= 4 is 40.8 Å². The molecule has 0 bridgehead atoms. The number of carbonyl (C=O) groups excluding carboxylic acids is 3. The number of thioether (sulfide) groups is 1. The van der Waals surface area contributed by atoms with Gasteiger partial charge in [0, 0.05) is 30.3 Å². The number of amides is 1. The maximum Gasteiger partial charge on any atom is 0.338 e.